The number of ether oxygens (including phenoxy) is 1. The molecule has 0 aliphatic heterocycles. The number of carbonyl (C=O) groups excluding carboxylic acids is 1. The number of fused-ring (bicyclic) bond motifs is 1. The highest BCUT2D eigenvalue weighted by Crippen LogP contribution is 2.27. The van der Waals surface area contributed by atoms with Crippen molar-refractivity contribution in [1.82, 2.24) is 14.9 Å². The third-order valence-corrected chi connectivity index (χ3v) is 5.78. The molecule has 1 amide bonds. The van der Waals surface area contributed by atoms with Gasteiger partial charge in [0.05, 0.1) is 24.1 Å². The maximum Gasteiger partial charge on any atom is 0.251 e. The molecule has 33 heavy (non-hydrogen) atoms. The number of aromatic nitrogens is 2. The molecule has 5 nitrogen and oxygen atoms in total. The van der Waals surface area contributed by atoms with Crippen LogP contribution in [0.2, 0.25) is 0 Å². The summed E-state index contributed by atoms with van der Waals surface area (Å²) in [4.78, 5) is 17.4. The molecule has 1 N–H and O–H groups in total. The maximum atomic E-state index is 12.7. The van der Waals surface area contributed by atoms with Gasteiger partial charge in [0.2, 0.25) is 0 Å². The zero-order chi connectivity index (χ0) is 23.4. The van der Waals surface area contributed by atoms with E-state index in [0.29, 0.717) is 31.2 Å². The second-order valence-corrected chi connectivity index (χ2v) is 8.76. The summed E-state index contributed by atoms with van der Waals surface area (Å²) in [6, 6.07) is 22.0. The molecule has 0 aliphatic carbocycles. The Balaban J connectivity index is 1.51. The van der Waals surface area contributed by atoms with E-state index in [1.54, 1.807) is 0 Å². The number of rotatable bonds is 8. The Labute approximate surface area is 195 Å². The molecule has 0 saturated heterocycles. The van der Waals surface area contributed by atoms with Crippen molar-refractivity contribution in [1.29, 1.82) is 0 Å². The van der Waals surface area contributed by atoms with Crippen LogP contribution in [-0.2, 0) is 13.1 Å². The lowest BCUT2D eigenvalue weighted by Crippen LogP contribution is -2.25. The molecule has 3 aromatic carbocycles. The van der Waals surface area contributed by atoms with Gasteiger partial charge in [0.25, 0.3) is 5.91 Å². The fraction of sp³-hybridized carbons (Fsp3) is 0.286. The standard InChI is InChI=1S/C28H31N3O2/c1-19(2)23-13-12-21(4)17-26(23)33-15-14-31-25-11-6-5-10-24(25)30-27(31)18-29-28(32)22-9-7-8-20(3)16-22/h5-13,16-17,19H,14-15,18H2,1-4H3,(H,29,32). The monoisotopic (exact) mass is 441 g/mol. The average Bonchev–Trinajstić information content (AvgIpc) is 3.15. The van der Waals surface area contributed by atoms with Crippen LogP contribution in [0.3, 0.4) is 0 Å². The highest BCUT2D eigenvalue weighted by Gasteiger charge is 2.14. The van der Waals surface area contributed by atoms with Crippen molar-refractivity contribution in [3.63, 3.8) is 0 Å². The van der Waals surface area contributed by atoms with E-state index < -0.39 is 0 Å². The van der Waals surface area contributed by atoms with E-state index in [1.165, 1.54) is 11.1 Å². The molecule has 0 spiro atoms. The normalized spacial score (nSPS) is 11.2. The van der Waals surface area contributed by atoms with Crippen molar-refractivity contribution in [3.8, 4) is 5.75 Å². The quantitative estimate of drug-likeness (QED) is 0.377. The number of carbonyl (C=O) groups is 1. The lowest BCUT2D eigenvalue weighted by atomic mass is 10.0. The number of hydrogen-bond donors (Lipinski definition) is 1. The van der Waals surface area contributed by atoms with Gasteiger partial charge in [-0.05, 0) is 61.2 Å². The highest BCUT2D eigenvalue weighted by atomic mass is 16.5. The van der Waals surface area contributed by atoms with Gasteiger partial charge in [0, 0.05) is 5.56 Å². The van der Waals surface area contributed by atoms with Crippen LogP contribution in [0.25, 0.3) is 11.0 Å². The van der Waals surface area contributed by atoms with Crippen LogP contribution in [0.5, 0.6) is 5.75 Å². The fourth-order valence-corrected chi connectivity index (χ4v) is 4.05. The lowest BCUT2D eigenvalue weighted by Gasteiger charge is -2.16. The largest absolute Gasteiger partial charge is 0.491 e. The molecule has 0 bridgehead atoms. The van der Waals surface area contributed by atoms with Crippen molar-refractivity contribution in [2.45, 2.75) is 46.7 Å². The summed E-state index contributed by atoms with van der Waals surface area (Å²) in [5, 5.41) is 3.02. The molecule has 0 unspecified atom stereocenters. The van der Waals surface area contributed by atoms with Crippen LogP contribution in [-0.4, -0.2) is 22.1 Å². The van der Waals surface area contributed by atoms with E-state index in [2.05, 4.69) is 54.9 Å². The van der Waals surface area contributed by atoms with Crippen molar-refractivity contribution >= 4 is 16.9 Å². The Bertz CT molecular complexity index is 1270. The molecule has 5 heteroatoms. The van der Waals surface area contributed by atoms with Crippen molar-refractivity contribution < 1.29 is 9.53 Å². The first-order valence-electron chi connectivity index (χ1n) is 11.4. The lowest BCUT2D eigenvalue weighted by molar-refractivity contribution is 0.0949. The molecule has 0 aliphatic rings. The summed E-state index contributed by atoms with van der Waals surface area (Å²) in [6.45, 7) is 9.92. The molecule has 170 valence electrons. The Morgan fingerprint density at radius 1 is 1.00 bits per heavy atom. The molecule has 4 aromatic rings. The van der Waals surface area contributed by atoms with Crippen molar-refractivity contribution in [3.05, 3.63) is 94.8 Å². The predicted molar refractivity (Wildman–Crippen MR) is 133 cm³/mol. The van der Waals surface area contributed by atoms with Crippen molar-refractivity contribution in [2.75, 3.05) is 6.61 Å². The molecular formula is C28H31N3O2. The average molecular weight is 442 g/mol. The molecule has 0 fully saturated rings. The van der Waals surface area contributed by atoms with Crippen LogP contribution < -0.4 is 10.1 Å². The van der Waals surface area contributed by atoms with E-state index in [9.17, 15) is 4.79 Å². The zero-order valence-corrected chi connectivity index (χ0v) is 19.8. The summed E-state index contributed by atoms with van der Waals surface area (Å²) in [7, 11) is 0. The first kappa shape index (κ1) is 22.6. The molecule has 1 aromatic heterocycles. The smallest absolute Gasteiger partial charge is 0.251 e. The van der Waals surface area contributed by atoms with E-state index in [4.69, 9.17) is 9.72 Å². The van der Waals surface area contributed by atoms with Crippen LogP contribution in [0.4, 0.5) is 0 Å². The number of aryl methyl sites for hydroxylation is 2. The molecule has 0 saturated carbocycles. The third kappa shape index (κ3) is 5.25. The van der Waals surface area contributed by atoms with Crippen LogP contribution >= 0.6 is 0 Å². The molecule has 0 atom stereocenters. The second kappa shape index (κ2) is 9.90. The van der Waals surface area contributed by atoms with Gasteiger partial charge in [0.1, 0.15) is 18.2 Å². The van der Waals surface area contributed by atoms with Gasteiger partial charge >= 0.3 is 0 Å². The van der Waals surface area contributed by atoms with E-state index >= 15 is 0 Å². The Kier molecular flexibility index (Phi) is 6.78. The molecule has 0 radical (unpaired) electrons. The molecular weight excluding hydrogens is 410 g/mol. The van der Waals surface area contributed by atoms with Crippen LogP contribution in [0.1, 0.15) is 52.6 Å². The highest BCUT2D eigenvalue weighted by molar-refractivity contribution is 5.94. The summed E-state index contributed by atoms with van der Waals surface area (Å²) >= 11 is 0. The molecule has 1 heterocycles. The summed E-state index contributed by atoms with van der Waals surface area (Å²) in [6.07, 6.45) is 0. The minimum Gasteiger partial charge on any atom is -0.491 e. The van der Waals surface area contributed by atoms with Gasteiger partial charge in [0.15, 0.2) is 0 Å². The van der Waals surface area contributed by atoms with Gasteiger partial charge in [-0.15, -0.1) is 0 Å². The maximum absolute atomic E-state index is 12.7. The van der Waals surface area contributed by atoms with E-state index in [0.717, 1.165) is 28.2 Å². The van der Waals surface area contributed by atoms with Gasteiger partial charge in [-0.2, -0.15) is 0 Å². The van der Waals surface area contributed by atoms with Gasteiger partial charge in [-0.25, -0.2) is 4.98 Å². The number of nitrogens with one attached hydrogen (secondary N) is 1. The Morgan fingerprint density at radius 3 is 2.58 bits per heavy atom. The molecule has 4 rings (SSSR count). The number of amides is 1. The fourth-order valence-electron chi connectivity index (χ4n) is 4.05. The zero-order valence-electron chi connectivity index (χ0n) is 19.8. The number of benzene rings is 3. The van der Waals surface area contributed by atoms with Crippen LogP contribution in [0, 0.1) is 13.8 Å². The SMILES string of the molecule is Cc1cccc(C(=O)NCc2nc3ccccc3n2CCOc2cc(C)ccc2C(C)C)c1. The van der Waals surface area contributed by atoms with Crippen LogP contribution in [0.15, 0.2) is 66.7 Å². The minimum absolute atomic E-state index is 0.102. The van der Waals surface area contributed by atoms with Crippen molar-refractivity contribution in [2.24, 2.45) is 0 Å². The summed E-state index contributed by atoms with van der Waals surface area (Å²) < 4.78 is 8.36. The topological polar surface area (TPSA) is 56.2 Å². The minimum atomic E-state index is -0.102. The van der Waals surface area contributed by atoms with Gasteiger partial charge < -0.3 is 14.6 Å². The van der Waals surface area contributed by atoms with E-state index in [1.807, 2.05) is 49.4 Å². The van der Waals surface area contributed by atoms with Gasteiger partial charge in [-0.3, -0.25) is 4.79 Å². The second-order valence-electron chi connectivity index (χ2n) is 8.76. The number of para-hydroxylation sites is 2. The van der Waals surface area contributed by atoms with E-state index in [-0.39, 0.29) is 5.91 Å². The Hall–Kier alpha value is -3.60. The Morgan fingerprint density at radius 2 is 1.79 bits per heavy atom. The third-order valence-electron chi connectivity index (χ3n) is 5.78. The number of hydrogen-bond acceptors (Lipinski definition) is 3. The number of nitrogens with zero attached hydrogens (tertiary/aromatic N) is 2. The predicted octanol–water partition coefficient (Wildman–Crippen LogP) is 5.79. The summed E-state index contributed by atoms with van der Waals surface area (Å²) in [5.41, 5.74) is 6.05. The first-order valence-corrected chi connectivity index (χ1v) is 11.4. The summed E-state index contributed by atoms with van der Waals surface area (Å²) in [5.74, 6) is 2.04. The first-order chi connectivity index (χ1) is 15.9. The number of imidazole rings is 1. The van der Waals surface area contributed by atoms with Gasteiger partial charge in [-0.1, -0.05) is 55.8 Å².